The molecule has 0 aliphatic carbocycles. The van der Waals surface area contributed by atoms with Crippen LogP contribution >= 0.6 is 0 Å². The Hall–Kier alpha value is -1.14. The number of nitrogens with two attached hydrogens (primary N) is 1. The van der Waals surface area contributed by atoms with Gasteiger partial charge in [-0.05, 0) is 24.1 Å². The van der Waals surface area contributed by atoms with Crippen LogP contribution in [0.3, 0.4) is 0 Å². The highest BCUT2D eigenvalue weighted by atomic mass is 16.6. The molecule has 5 heteroatoms. The minimum absolute atomic E-state index is 0.0977. The molecule has 21 heavy (non-hydrogen) atoms. The molecule has 2 N–H and O–H groups in total. The van der Waals surface area contributed by atoms with E-state index < -0.39 is 0 Å². The molecule has 1 unspecified atom stereocenters. The Balaban J connectivity index is 2.05. The highest BCUT2D eigenvalue weighted by molar-refractivity contribution is 5.28. The molecule has 0 heterocycles. The largest absolute Gasteiger partial charge is 0.491 e. The normalized spacial score (nSPS) is 12.3. The molecular weight excluding hydrogens is 270 g/mol. The van der Waals surface area contributed by atoms with Gasteiger partial charge >= 0.3 is 0 Å². The first-order chi connectivity index (χ1) is 10.3. The van der Waals surface area contributed by atoms with Crippen molar-refractivity contribution >= 4 is 0 Å². The van der Waals surface area contributed by atoms with Crippen LogP contribution in [0.15, 0.2) is 24.3 Å². The molecule has 1 rings (SSSR count). The second-order valence-electron chi connectivity index (χ2n) is 4.65. The summed E-state index contributed by atoms with van der Waals surface area (Å²) < 4.78 is 21.2. The molecule has 0 radical (unpaired) electrons. The molecule has 0 bridgehead atoms. The Morgan fingerprint density at radius 2 is 1.48 bits per heavy atom. The summed E-state index contributed by atoms with van der Waals surface area (Å²) in [5.41, 5.74) is 7.10. The minimum Gasteiger partial charge on any atom is -0.491 e. The third-order valence-electron chi connectivity index (χ3n) is 3.05. The molecule has 0 saturated carbocycles. The van der Waals surface area contributed by atoms with Gasteiger partial charge in [-0.1, -0.05) is 19.1 Å². The fourth-order valence-electron chi connectivity index (χ4n) is 1.73. The lowest BCUT2D eigenvalue weighted by Crippen LogP contribution is -2.12. The predicted octanol–water partition coefficient (Wildman–Crippen LogP) is 2.15. The van der Waals surface area contributed by atoms with Gasteiger partial charge in [0.2, 0.25) is 0 Å². The van der Waals surface area contributed by atoms with Gasteiger partial charge < -0.3 is 24.7 Å². The maximum absolute atomic E-state index is 5.96. The van der Waals surface area contributed by atoms with Gasteiger partial charge in [0.15, 0.2) is 0 Å². The van der Waals surface area contributed by atoms with Crippen molar-refractivity contribution in [2.75, 3.05) is 46.8 Å². The van der Waals surface area contributed by atoms with Crippen molar-refractivity contribution in [2.45, 2.75) is 19.4 Å². The fraction of sp³-hybridized carbons (Fsp3) is 0.625. The van der Waals surface area contributed by atoms with Crippen LogP contribution in [0.1, 0.15) is 24.9 Å². The lowest BCUT2D eigenvalue weighted by atomic mass is 10.1. The molecule has 0 aliphatic rings. The first-order valence-corrected chi connectivity index (χ1v) is 7.40. The minimum atomic E-state index is 0.0977. The zero-order valence-electron chi connectivity index (χ0n) is 13.0. The zero-order chi connectivity index (χ0) is 15.3. The third-order valence-corrected chi connectivity index (χ3v) is 3.05. The van der Waals surface area contributed by atoms with Gasteiger partial charge in [0.25, 0.3) is 0 Å². The molecule has 0 saturated heterocycles. The summed E-state index contributed by atoms with van der Waals surface area (Å²) in [6.07, 6.45) is 0.931. The average Bonchev–Trinajstić information content (AvgIpc) is 2.53. The molecule has 0 aromatic heterocycles. The highest BCUT2D eigenvalue weighted by Crippen LogP contribution is 2.18. The zero-order valence-corrected chi connectivity index (χ0v) is 13.0. The number of rotatable bonds is 12. The van der Waals surface area contributed by atoms with Crippen molar-refractivity contribution in [1.82, 2.24) is 0 Å². The SMILES string of the molecule is CCC(N)c1ccc(OCCOCCOCCOC)cc1. The van der Waals surface area contributed by atoms with Crippen LogP contribution < -0.4 is 10.5 Å². The van der Waals surface area contributed by atoms with Crippen LogP contribution in [-0.4, -0.2) is 46.8 Å². The van der Waals surface area contributed by atoms with Crippen molar-refractivity contribution in [3.63, 3.8) is 0 Å². The Morgan fingerprint density at radius 3 is 2.05 bits per heavy atom. The molecule has 0 fully saturated rings. The van der Waals surface area contributed by atoms with E-state index in [9.17, 15) is 0 Å². The maximum atomic E-state index is 5.96. The summed E-state index contributed by atoms with van der Waals surface area (Å²) in [7, 11) is 1.65. The number of ether oxygens (including phenoxy) is 4. The van der Waals surface area contributed by atoms with E-state index in [4.69, 9.17) is 24.7 Å². The average molecular weight is 297 g/mol. The van der Waals surface area contributed by atoms with Gasteiger partial charge in [-0.2, -0.15) is 0 Å². The Morgan fingerprint density at radius 1 is 0.905 bits per heavy atom. The molecule has 1 atom stereocenters. The second kappa shape index (κ2) is 11.5. The maximum Gasteiger partial charge on any atom is 0.119 e. The van der Waals surface area contributed by atoms with E-state index in [0.717, 1.165) is 17.7 Å². The Labute approximate surface area is 127 Å². The topological polar surface area (TPSA) is 62.9 Å². The fourth-order valence-corrected chi connectivity index (χ4v) is 1.73. The van der Waals surface area contributed by atoms with Crippen molar-refractivity contribution in [3.05, 3.63) is 29.8 Å². The van der Waals surface area contributed by atoms with Gasteiger partial charge in [0, 0.05) is 13.2 Å². The Kier molecular flexibility index (Phi) is 9.82. The number of methoxy groups -OCH3 is 1. The van der Waals surface area contributed by atoms with Gasteiger partial charge in [-0.3, -0.25) is 0 Å². The molecule has 0 aliphatic heterocycles. The van der Waals surface area contributed by atoms with Gasteiger partial charge in [0.1, 0.15) is 12.4 Å². The van der Waals surface area contributed by atoms with Crippen molar-refractivity contribution in [2.24, 2.45) is 5.73 Å². The van der Waals surface area contributed by atoms with Gasteiger partial charge in [-0.25, -0.2) is 0 Å². The molecule has 120 valence electrons. The number of benzene rings is 1. The predicted molar refractivity (Wildman–Crippen MR) is 82.7 cm³/mol. The first kappa shape index (κ1) is 17.9. The lowest BCUT2D eigenvalue weighted by Gasteiger charge is -2.11. The van der Waals surface area contributed by atoms with E-state index in [2.05, 4.69) is 6.92 Å². The standard InChI is InChI=1S/C16H27NO4/c1-3-16(17)14-4-6-15(7-5-14)21-13-12-20-11-10-19-9-8-18-2/h4-7,16H,3,8-13,17H2,1-2H3. The summed E-state index contributed by atoms with van der Waals surface area (Å²) in [6.45, 7) is 5.50. The molecule has 0 spiro atoms. The van der Waals surface area contributed by atoms with E-state index in [1.165, 1.54) is 0 Å². The van der Waals surface area contributed by atoms with E-state index in [1.807, 2.05) is 24.3 Å². The van der Waals surface area contributed by atoms with Crippen LogP contribution in [0.4, 0.5) is 0 Å². The van der Waals surface area contributed by atoms with Crippen LogP contribution in [0.5, 0.6) is 5.75 Å². The first-order valence-electron chi connectivity index (χ1n) is 7.40. The number of hydrogen-bond acceptors (Lipinski definition) is 5. The third kappa shape index (κ3) is 8.02. The summed E-state index contributed by atoms with van der Waals surface area (Å²) in [5, 5.41) is 0. The smallest absolute Gasteiger partial charge is 0.119 e. The van der Waals surface area contributed by atoms with Crippen LogP contribution in [-0.2, 0) is 14.2 Å². The molecule has 1 aromatic carbocycles. The highest BCUT2D eigenvalue weighted by Gasteiger charge is 2.02. The summed E-state index contributed by atoms with van der Waals surface area (Å²) in [4.78, 5) is 0. The van der Waals surface area contributed by atoms with E-state index in [-0.39, 0.29) is 6.04 Å². The van der Waals surface area contributed by atoms with Crippen LogP contribution in [0.2, 0.25) is 0 Å². The van der Waals surface area contributed by atoms with Gasteiger partial charge in [-0.15, -0.1) is 0 Å². The molecular formula is C16H27NO4. The van der Waals surface area contributed by atoms with Crippen LogP contribution in [0.25, 0.3) is 0 Å². The second-order valence-corrected chi connectivity index (χ2v) is 4.65. The quantitative estimate of drug-likeness (QED) is 0.599. The van der Waals surface area contributed by atoms with Crippen LogP contribution in [0, 0.1) is 0 Å². The van der Waals surface area contributed by atoms with Gasteiger partial charge in [0.05, 0.1) is 33.0 Å². The summed E-state index contributed by atoms with van der Waals surface area (Å²) in [6, 6.07) is 8.00. The van der Waals surface area contributed by atoms with E-state index >= 15 is 0 Å². The summed E-state index contributed by atoms with van der Waals surface area (Å²) >= 11 is 0. The Bertz CT molecular complexity index is 356. The van der Waals surface area contributed by atoms with Crippen molar-refractivity contribution in [1.29, 1.82) is 0 Å². The lowest BCUT2D eigenvalue weighted by molar-refractivity contribution is 0.0180. The van der Waals surface area contributed by atoms with E-state index in [0.29, 0.717) is 39.6 Å². The number of hydrogen-bond donors (Lipinski definition) is 1. The summed E-state index contributed by atoms with van der Waals surface area (Å²) in [5.74, 6) is 0.835. The van der Waals surface area contributed by atoms with Crippen molar-refractivity contribution < 1.29 is 18.9 Å². The molecule has 0 amide bonds. The van der Waals surface area contributed by atoms with Crippen molar-refractivity contribution in [3.8, 4) is 5.75 Å². The van der Waals surface area contributed by atoms with E-state index in [1.54, 1.807) is 7.11 Å². The molecule has 5 nitrogen and oxygen atoms in total. The molecule has 1 aromatic rings. The monoisotopic (exact) mass is 297 g/mol.